The third-order valence-corrected chi connectivity index (χ3v) is 7.06. The van der Waals surface area contributed by atoms with Gasteiger partial charge in [0.1, 0.15) is 6.04 Å². The molecule has 4 aliphatic carbocycles. The minimum Gasteiger partial charge on any atom is -0.481 e. The summed E-state index contributed by atoms with van der Waals surface area (Å²) in [6.45, 7) is 0.538. The van der Waals surface area contributed by atoms with E-state index in [0.717, 1.165) is 49.9 Å². The Morgan fingerprint density at radius 2 is 1.48 bits per heavy atom. The molecule has 9 nitrogen and oxygen atoms in total. The second kappa shape index (κ2) is 10.3. The Kier molecular flexibility index (Phi) is 7.78. The number of nitrogens with one attached hydrogen (secondary N) is 3. The fourth-order valence-corrected chi connectivity index (χ4v) is 6.13. The van der Waals surface area contributed by atoms with Gasteiger partial charge < -0.3 is 26.2 Å². The number of carbonyl (C=O) groups is 4. The molecule has 0 aromatic rings. The molecule has 0 heterocycles. The molecule has 0 aromatic heterocycles. The molecule has 0 spiro atoms. The maximum Gasteiger partial charge on any atom is 0.326 e. The largest absolute Gasteiger partial charge is 0.481 e. The number of carbonyl (C=O) groups excluding carboxylic acids is 2. The normalized spacial score (nSPS) is 29.2. The second-order valence-corrected chi connectivity index (χ2v) is 9.78. The van der Waals surface area contributed by atoms with Crippen molar-refractivity contribution < 1.29 is 29.4 Å². The first-order chi connectivity index (χ1) is 14.7. The Balaban J connectivity index is 1.26. The molecule has 5 N–H and O–H groups in total. The SMILES string of the molecule is O=C(O)CC[C@H](NC(=O)CCCCCNC(=O)NC12CC3CC(CC(C3)C1)C2)C(=O)O. The molecule has 9 heteroatoms. The van der Waals surface area contributed by atoms with Crippen molar-refractivity contribution >= 4 is 23.9 Å². The molecule has 4 bridgehead atoms. The lowest BCUT2D eigenvalue weighted by atomic mass is 9.53. The van der Waals surface area contributed by atoms with Crippen LogP contribution in [-0.4, -0.2) is 52.2 Å². The summed E-state index contributed by atoms with van der Waals surface area (Å²) < 4.78 is 0. The molecular formula is C22H35N3O6. The highest BCUT2D eigenvalue weighted by molar-refractivity contribution is 5.83. The summed E-state index contributed by atoms with van der Waals surface area (Å²) in [6, 6.07) is -1.28. The van der Waals surface area contributed by atoms with Crippen LogP contribution in [0.3, 0.4) is 0 Å². The van der Waals surface area contributed by atoms with Crippen LogP contribution in [0.2, 0.25) is 0 Å². The van der Waals surface area contributed by atoms with Crippen LogP contribution in [0, 0.1) is 17.8 Å². The Hall–Kier alpha value is -2.32. The summed E-state index contributed by atoms with van der Waals surface area (Å²) in [5.41, 5.74) is -0.00174. The first-order valence-electron chi connectivity index (χ1n) is 11.5. The van der Waals surface area contributed by atoms with Gasteiger partial charge in [-0.3, -0.25) is 9.59 Å². The van der Waals surface area contributed by atoms with Gasteiger partial charge in [0, 0.05) is 24.9 Å². The third kappa shape index (κ3) is 6.83. The predicted molar refractivity (Wildman–Crippen MR) is 112 cm³/mol. The molecule has 1 atom stereocenters. The lowest BCUT2D eigenvalue weighted by Gasteiger charge is -2.56. The van der Waals surface area contributed by atoms with Gasteiger partial charge in [-0.2, -0.15) is 0 Å². The lowest BCUT2D eigenvalue weighted by molar-refractivity contribution is -0.143. The molecule has 0 aromatic carbocycles. The van der Waals surface area contributed by atoms with E-state index in [-0.39, 0.29) is 30.8 Å². The van der Waals surface area contributed by atoms with E-state index in [9.17, 15) is 19.2 Å². The van der Waals surface area contributed by atoms with E-state index in [4.69, 9.17) is 10.2 Å². The van der Waals surface area contributed by atoms with Crippen LogP contribution in [0.4, 0.5) is 4.79 Å². The molecule has 3 amide bonds. The molecule has 4 saturated carbocycles. The maximum atomic E-state index is 12.4. The highest BCUT2D eigenvalue weighted by atomic mass is 16.4. The van der Waals surface area contributed by atoms with E-state index in [2.05, 4.69) is 16.0 Å². The lowest BCUT2D eigenvalue weighted by Crippen LogP contribution is -2.61. The first-order valence-corrected chi connectivity index (χ1v) is 11.5. The van der Waals surface area contributed by atoms with Gasteiger partial charge in [0.25, 0.3) is 0 Å². The summed E-state index contributed by atoms with van der Waals surface area (Å²) in [6.07, 6.45) is 9.14. The van der Waals surface area contributed by atoms with E-state index in [0.29, 0.717) is 13.0 Å². The van der Waals surface area contributed by atoms with Gasteiger partial charge in [-0.1, -0.05) is 6.42 Å². The van der Waals surface area contributed by atoms with Crippen molar-refractivity contribution in [2.75, 3.05) is 6.54 Å². The average molecular weight is 438 g/mol. The van der Waals surface area contributed by atoms with Crippen LogP contribution < -0.4 is 16.0 Å². The van der Waals surface area contributed by atoms with Gasteiger partial charge in [-0.15, -0.1) is 0 Å². The summed E-state index contributed by atoms with van der Waals surface area (Å²) in [7, 11) is 0. The van der Waals surface area contributed by atoms with Gasteiger partial charge in [0.05, 0.1) is 0 Å². The average Bonchev–Trinajstić information content (AvgIpc) is 2.65. The van der Waals surface area contributed by atoms with Crippen molar-refractivity contribution in [2.45, 2.75) is 88.6 Å². The Labute approximate surface area is 182 Å². The number of hydrogen-bond donors (Lipinski definition) is 5. The molecule has 0 radical (unpaired) electrons. The summed E-state index contributed by atoms with van der Waals surface area (Å²) in [4.78, 5) is 45.9. The Bertz CT molecular complexity index is 659. The van der Waals surface area contributed by atoms with Gasteiger partial charge >= 0.3 is 18.0 Å². The van der Waals surface area contributed by atoms with Crippen LogP contribution in [0.25, 0.3) is 0 Å². The second-order valence-electron chi connectivity index (χ2n) is 9.78. The van der Waals surface area contributed by atoms with Gasteiger partial charge in [-0.25, -0.2) is 9.59 Å². The number of carboxylic acids is 2. The monoisotopic (exact) mass is 437 g/mol. The van der Waals surface area contributed by atoms with Crippen molar-refractivity contribution in [3.8, 4) is 0 Å². The summed E-state index contributed by atoms with van der Waals surface area (Å²) in [5, 5.41) is 26.3. The van der Waals surface area contributed by atoms with Crippen molar-refractivity contribution in [3.05, 3.63) is 0 Å². The molecule has 4 rings (SSSR count). The number of rotatable bonds is 12. The Morgan fingerprint density at radius 1 is 0.871 bits per heavy atom. The molecule has 174 valence electrons. The van der Waals surface area contributed by atoms with E-state index in [1.54, 1.807) is 0 Å². The van der Waals surface area contributed by atoms with E-state index < -0.39 is 23.9 Å². The number of carboxylic acid groups (broad SMARTS) is 2. The highest BCUT2D eigenvalue weighted by Crippen LogP contribution is 2.55. The third-order valence-electron chi connectivity index (χ3n) is 7.06. The van der Waals surface area contributed by atoms with Gasteiger partial charge in [-0.05, 0) is 75.5 Å². The van der Waals surface area contributed by atoms with E-state index in [1.165, 1.54) is 19.3 Å². The van der Waals surface area contributed by atoms with Crippen LogP contribution in [0.5, 0.6) is 0 Å². The van der Waals surface area contributed by atoms with Crippen molar-refractivity contribution in [1.82, 2.24) is 16.0 Å². The zero-order chi connectivity index (χ0) is 22.4. The van der Waals surface area contributed by atoms with Crippen LogP contribution in [0.15, 0.2) is 0 Å². The minimum absolute atomic E-state index is 0.00174. The number of aliphatic carboxylic acids is 2. The van der Waals surface area contributed by atoms with Crippen molar-refractivity contribution in [3.63, 3.8) is 0 Å². The Morgan fingerprint density at radius 3 is 2.03 bits per heavy atom. The maximum absolute atomic E-state index is 12.4. The zero-order valence-electron chi connectivity index (χ0n) is 18.0. The van der Waals surface area contributed by atoms with Crippen molar-refractivity contribution in [2.24, 2.45) is 17.8 Å². The minimum atomic E-state index is -1.23. The van der Waals surface area contributed by atoms with Gasteiger partial charge in [0.2, 0.25) is 5.91 Å². The molecule has 0 aliphatic heterocycles. The van der Waals surface area contributed by atoms with Crippen LogP contribution in [-0.2, 0) is 14.4 Å². The first kappa shape index (κ1) is 23.3. The fourth-order valence-electron chi connectivity index (χ4n) is 6.13. The quantitative estimate of drug-likeness (QED) is 0.296. The van der Waals surface area contributed by atoms with Crippen LogP contribution in [0.1, 0.15) is 77.0 Å². The van der Waals surface area contributed by atoms with Gasteiger partial charge in [0.15, 0.2) is 0 Å². The molecule has 4 fully saturated rings. The number of unbranched alkanes of at least 4 members (excludes halogenated alkanes) is 2. The topological polar surface area (TPSA) is 145 Å². The van der Waals surface area contributed by atoms with Crippen molar-refractivity contribution in [1.29, 1.82) is 0 Å². The summed E-state index contributed by atoms with van der Waals surface area (Å²) in [5.74, 6) is -0.387. The molecule has 0 unspecified atom stereocenters. The number of hydrogen-bond acceptors (Lipinski definition) is 4. The number of amides is 3. The molecular weight excluding hydrogens is 402 g/mol. The molecule has 4 aliphatic rings. The predicted octanol–water partition coefficient (Wildman–Crippen LogP) is 2.25. The van der Waals surface area contributed by atoms with E-state index >= 15 is 0 Å². The molecule has 31 heavy (non-hydrogen) atoms. The zero-order valence-corrected chi connectivity index (χ0v) is 18.0. The smallest absolute Gasteiger partial charge is 0.326 e. The fraction of sp³-hybridized carbons (Fsp3) is 0.818. The standard InChI is InChI=1S/C22H35N3O6/c26-18(24-17(20(29)30)5-6-19(27)28)4-2-1-3-7-23-21(31)25-22-11-14-8-15(12-22)10-16(9-14)13-22/h14-17H,1-13H2,(H,24,26)(H,27,28)(H,29,30)(H2,23,25,31)/t14?,15?,16?,17-,22?/m0/s1. The molecule has 0 saturated heterocycles. The van der Waals surface area contributed by atoms with Crippen LogP contribution >= 0.6 is 0 Å². The summed E-state index contributed by atoms with van der Waals surface area (Å²) >= 11 is 0. The highest BCUT2D eigenvalue weighted by Gasteiger charge is 2.51. The van der Waals surface area contributed by atoms with E-state index in [1.807, 2.05) is 0 Å². The number of urea groups is 1.